The van der Waals surface area contributed by atoms with Gasteiger partial charge in [0.1, 0.15) is 11.5 Å². The Morgan fingerprint density at radius 2 is 1.52 bits per heavy atom. The van der Waals surface area contributed by atoms with E-state index in [-0.39, 0.29) is 29.3 Å². The maximum Gasteiger partial charge on any atom is 0.335 e. The van der Waals surface area contributed by atoms with Crippen molar-refractivity contribution in [3.05, 3.63) is 58.7 Å². The number of phenolic OH excluding ortho intramolecular Hbond substituents is 2. The first-order chi connectivity index (χ1) is 9.85. The van der Waals surface area contributed by atoms with Crippen LogP contribution in [0.1, 0.15) is 31.8 Å². The summed E-state index contributed by atoms with van der Waals surface area (Å²) in [6, 6.07) is 8.34. The number of carbonyl (C=O) groups is 2. The average molecular weight is 286 g/mol. The Morgan fingerprint density at radius 3 is 2.14 bits per heavy atom. The van der Waals surface area contributed by atoms with E-state index < -0.39 is 5.97 Å². The molecule has 0 aliphatic heterocycles. The van der Waals surface area contributed by atoms with Crippen LogP contribution >= 0.6 is 0 Å². The van der Waals surface area contributed by atoms with Crippen molar-refractivity contribution in [2.45, 2.75) is 13.3 Å². The fourth-order valence-corrected chi connectivity index (χ4v) is 2.11. The van der Waals surface area contributed by atoms with E-state index in [4.69, 9.17) is 5.11 Å². The largest absolute Gasteiger partial charge is 0.508 e. The van der Waals surface area contributed by atoms with Crippen LogP contribution in [0.15, 0.2) is 36.4 Å². The van der Waals surface area contributed by atoms with E-state index in [1.165, 1.54) is 24.3 Å². The van der Waals surface area contributed by atoms with Gasteiger partial charge in [-0.3, -0.25) is 4.79 Å². The first-order valence-electron chi connectivity index (χ1n) is 6.25. The Labute approximate surface area is 121 Å². The molecule has 0 aromatic heterocycles. The number of Topliss-reactive ketones (excluding diaryl/α,β-unsaturated/α-hetero) is 1. The highest BCUT2D eigenvalue weighted by molar-refractivity contribution is 5.98. The monoisotopic (exact) mass is 286 g/mol. The normalized spacial score (nSPS) is 10.3. The zero-order chi connectivity index (χ0) is 15.6. The molecule has 5 nitrogen and oxygen atoms in total. The fourth-order valence-electron chi connectivity index (χ4n) is 2.11. The van der Waals surface area contributed by atoms with Crippen molar-refractivity contribution >= 4 is 11.8 Å². The number of aromatic carboxylic acids is 1. The van der Waals surface area contributed by atoms with Gasteiger partial charge in [-0.05, 0) is 54.4 Å². The molecule has 21 heavy (non-hydrogen) atoms. The lowest BCUT2D eigenvalue weighted by molar-refractivity contribution is 0.0695. The number of benzene rings is 2. The quantitative estimate of drug-likeness (QED) is 0.751. The van der Waals surface area contributed by atoms with Gasteiger partial charge in [0.2, 0.25) is 0 Å². The van der Waals surface area contributed by atoms with Gasteiger partial charge in [0, 0.05) is 12.0 Å². The number of carbonyl (C=O) groups excluding carboxylic acids is 1. The number of hydrogen-bond acceptors (Lipinski definition) is 4. The van der Waals surface area contributed by atoms with Crippen molar-refractivity contribution in [2.24, 2.45) is 0 Å². The molecule has 0 bridgehead atoms. The fraction of sp³-hybridized carbons (Fsp3) is 0.125. The molecule has 0 amide bonds. The smallest absolute Gasteiger partial charge is 0.335 e. The van der Waals surface area contributed by atoms with Crippen LogP contribution in [0.5, 0.6) is 11.5 Å². The van der Waals surface area contributed by atoms with Gasteiger partial charge in [-0.2, -0.15) is 0 Å². The van der Waals surface area contributed by atoms with E-state index in [0.29, 0.717) is 11.1 Å². The predicted octanol–water partition coefficient (Wildman–Crippen LogP) is 2.53. The van der Waals surface area contributed by atoms with E-state index in [0.717, 1.165) is 11.6 Å². The summed E-state index contributed by atoms with van der Waals surface area (Å²) in [6.07, 6.45) is -0.0580. The molecule has 0 saturated heterocycles. The summed E-state index contributed by atoms with van der Waals surface area (Å²) in [7, 11) is 0. The maximum absolute atomic E-state index is 12.2. The molecule has 0 fully saturated rings. The maximum atomic E-state index is 12.2. The molecule has 3 N–H and O–H groups in total. The molecular weight excluding hydrogens is 272 g/mol. The highest BCUT2D eigenvalue weighted by Crippen LogP contribution is 2.20. The van der Waals surface area contributed by atoms with E-state index in [2.05, 4.69) is 0 Å². The summed E-state index contributed by atoms with van der Waals surface area (Å²) in [6.45, 7) is 1.76. The third-order valence-corrected chi connectivity index (χ3v) is 2.97. The number of hydrogen-bond donors (Lipinski definition) is 3. The number of rotatable bonds is 4. The molecule has 0 atom stereocenters. The van der Waals surface area contributed by atoms with Gasteiger partial charge >= 0.3 is 5.97 Å². The Bertz CT molecular complexity index is 698. The molecule has 0 saturated carbocycles. The minimum atomic E-state index is -1.17. The average Bonchev–Trinajstić information content (AvgIpc) is 2.36. The Kier molecular flexibility index (Phi) is 3.93. The number of carboxylic acid groups (broad SMARTS) is 1. The zero-order valence-corrected chi connectivity index (χ0v) is 11.3. The van der Waals surface area contributed by atoms with Gasteiger partial charge in [0.15, 0.2) is 5.78 Å². The molecule has 2 aromatic rings. The van der Waals surface area contributed by atoms with Gasteiger partial charge in [0.25, 0.3) is 0 Å². The lowest BCUT2D eigenvalue weighted by Crippen LogP contribution is -2.05. The van der Waals surface area contributed by atoms with Crippen LogP contribution < -0.4 is 0 Å². The standard InChI is InChI=1S/C16H14O5/c1-9-2-11(7-13(17)3-9)15(19)6-10-4-12(16(20)21)8-14(18)5-10/h2-5,7-8,17-18H,6H2,1H3,(H,20,21). The number of aromatic hydroxyl groups is 2. The third kappa shape index (κ3) is 3.60. The number of aryl methyl sites for hydroxylation is 1. The Morgan fingerprint density at radius 1 is 0.905 bits per heavy atom. The highest BCUT2D eigenvalue weighted by Gasteiger charge is 2.12. The minimum Gasteiger partial charge on any atom is -0.508 e. The van der Waals surface area contributed by atoms with Crippen molar-refractivity contribution in [3.63, 3.8) is 0 Å². The summed E-state index contributed by atoms with van der Waals surface area (Å²) < 4.78 is 0. The number of carboxylic acids is 1. The van der Waals surface area contributed by atoms with E-state index in [9.17, 15) is 19.8 Å². The summed E-state index contributed by atoms with van der Waals surface area (Å²) in [5.74, 6) is -1.64. The van der Waals surface area contributed by atoms with E-state index in [1.807, 2.05) is 0 Å². The Hall–Kier alpha value is -2.82. The topological polar surface area (TPSA) is 94.8 Å². The molecule has 0 aliphatic rings. The summed E-state index contributed by atoms with van der Waals surface area (Å²) in [5.41, 5.74) is 1.41. The number of phenols is 2. The highest BCUT2D eigenvalue weighted by atomic mass is 16.4. The third-order valence-electron chi connectivity index (χ3n) is 2.97. The van der Waals surface area contributed by atoms with Gasteiger partial charge in [-0.1, -0.05) is 0 Å². The second kappa shape index (κ2) is 5.66. The van der Waals surface area contributed by atoms with Crippen molar-refractivity contribution in [2.75, 3.05) is 0 Å². The molecule has 5 heteroatoms. The van der Waals surface area contributed by atoms with Crippen LogP contribution in [0.3, 0.4) is 0 Å². The van der Waals surface area contributed by atoms with E-state index >= 15 is 0 Å². The van der Waals surface area contributed by atoms with Crippen LogP contribution in [0.2, 0.25) is 0 Å². The zero-order valence-electron chi connectivity index (χ0n) is 11.3. The summed E-state index contributed by atoms with van der Waals surface area (Å²) >= 11 is 0. The van der Waals surface area contributed by atoms with Crippen molar-refractivity contribution in [1.29, 1.82) is 0 Å². The lowest BCUT2D eigenvalue weighted by atomic mass is 9.99. The van der Waals surface area contributed by atoms with Crippen molar-refractivity contribution in [1.82, 2.24) is 0 Å². The second-order valence-electron chi connectivity index (χ2n) is 4.85. The molecular formula is C16H14O5. The first kappa shape index (κ1) is 14.6. The predicted molar refractivity (Wildman–Crippen MR) is 75.9 cm³/mol. The van der Waals surface area contributed by atoms with Crippen molar-refractivity contribution in [3.8, 4) is 11.5 Å². The molecule has 0 unspecified atom stereocenters. The summed E-state index contributed by atoms with van der Waals surface area (Å²) in [5, 5.41) is 27.9. The van der Waals surface area contributed by atoms with Crippen LogP contribution in [0.25, 0.3) is 0 Å². The van der Waals surface area contributed by atoms with Gasteiger partial charge in [-0.15, -0.1) is 0 Å². The lowest BCUT2D eigenvalue weighted by Gasteiger charge is -2.06. The molecule has 2 rings (SSSR count). The summed E-state index contributed by atoms with van der Waals surface area (Å²) in [4.78, 5) is 23.1. The molecule has 0 aliphatic carbocycles. The van der Waals surface area contributed by atoms with E-state index in [1.54, 1.807) is 13.0 Å². The van der Waals surface area contributed by atoms with Gasteiger partial charge < -0.3 is 15.3 Å². The van der Waals surface area contributed by atoms with Gasteiger partial charge in [-0.25, -0.2) is 4.79 Å². The first-order valence-corrected chi connectivity index (χ1v) is 6.25. The molecule has 0 radical (unpaired) electrons. The molecule has 108 valence electrons. The van der Waals surface area contributed by atoms with Crippen molar-refractivity contribution < 1.29 is 24.9 Å². The van der Waals surface area contributed by atoms with Crippen LogP contribution in [0.4, 0.5) is 0 Å². The minimum absolute atomic E-state index is 0.000448. The number of ketones is 1. The molecule has 2 aromatic carbocycles. The SMILES string of the molecule is Cc1cc(O)cc(C(=O)Cc2cc(O)cc(C(=O)O)c2)c1. The van der Waals surface area contributed by atoms with Crippen LogP contribution in [-0.2, 0) is 6.42 Å². The van der Waals surface area contributed by atoms with Crippen LogP contribution in [0, 0.1) is 6.92 Å². The molecule has 0 heterocycles. The molecule has 0 spiro atoms. The van der Waals surface area contributed by atoms with Crippen LogP contribution in [-0.4, -0.2) is 27.1 Å². The Balaban J connectivity index is 2.29. The second-order valence-corrected chi connectivity index (χ2v) is 4.85. The van der Waals surface area contributed by atoms with Gasteiger partial charge in [0.05, 0.1) is 5.56 Å².